The zero-order chi connectivity index (χ0) is 9.97. The molecule has 0 bridgehead atoms. The number of anilines is 1. The molecule has 1 fully saturated rings. The molecule has 3 nitrogen and oxygen atoms in total. The summed E-state index contributed by atoms with van der Waals surface area (Å²) in [6, 6.07) is 2.14. The summed E-state index contributed by atoms with van der Waals surface area (Å²) in [6.07, 6.45) is 4.67. The minimum Gasteiger partial charge on any atom is -0.390 e. The van der Waals surface area contributed by atoms with Crippen molar-refractivity contribution in [3.63, 3.8) is 0 Å². The molecular weight excluding hydrogens is 196 g/mol. The first-order valence-electron chi connectivity index (χ1n) is 4.91. The van der Waals surface area contributed by atoms with Crippen molar-refractivity contribution in [2.45, 2.75) is 31.7 Å². The van der Waals surface area contributed by atoms with Crippen LogP contribution in [0, 0.1) is 0 Å². The maximum Gasteiger partial charge on any atom is 0.254 e. The molecule has 4 heteroatoms. The Labute approximate surface area is 87.3 Å². The molecular formula is C10H14N2OS. The summed E-state index contributed by atoms with van der Waals surface area (Å²) in [5.74, 6) is -0.0179. The highest BCUT2D eigenvalue weighted by Crippen LogP contribution is 2.21. The van der Waals surface area contributed by atoms with E-state index >= 15 is 0 Å². The fraction of sp³-hybridized carbons (Fsp3) is 0.500. The number of rotatable bonds is 2. The first-order valence-corrected chi connectivity index (χ1v) is 5.79. The van der Waals surface area contributed by atoms with Crippen molar-refractivity contribution >= 4 is 22.2 Å². The number of hydrogen-bond donors (Lipinski definition) is 2. The third kappa shape index (κ3) is 1.90. The number of carbonyl (C=O) groups is 1. The molecule has 0 unspecified atom stereocenters. The number of nitrogens with one attached hydrogen (secondary N) is 1. The molecule has 3 N–H and O–H groups in total. The van der Waals surface area contributed by atoms with Crippen LogP contribution in [0.5, 0.6) is 0 Å². The SMILES string of the molecule is Nc1sccc1C(=O)NC1CCCC1. The Hall–Kier alpha value is -1.03. The lowest BCUT2D eigenvalue weighted by molar-refractivity contribution is 0.0939. The smallest absolute Gasteiger partial charge is 0.254 e. The standard InChI is InChI=1S/C10H14N2OS/c11-9-8(5-6-14-9)10(13)12-7-3-1-2-4-7/h5-7H,1-4,11H2,(H,12,13). The number of nitrogens with two attached hydrogens (primary N) is 1. The Morgan fingerprint density at radius 2 is 2.21 bits per heavy atom. The summed E-state index contributed by atoms with van der Waals surface area (Å²) in [4.78, 5) is 11.7. The molecule has 2 rings (SSSR count). The summed E-state index contributed by atoms with van der Waals surface area (Å²) in [6.45, 7) is 0. The molecule has 0 aliphatic heterocycles. The van der Waals surface area contributed by atoms with Gasteiger partial charge in [-0.05, 0) is 24.3 Å². The number of hydrogen-bond acceptors (Lipinski definition) is 3. The average Bonchev–Trinajstić information content (AvgIpc) is 2.75. The van der Waals surface area contributed by atoms with Crippen LogP contribution in [0.25, 0.3) is 0 Å². The van der Waals surface area contributed by atoms with Gasteiger partial charge in [-0.1, -0.05) is 12.8 Å². The Kier molecular flexibility index (Phi) is 2.72. The molecule has 14 heavy (non-hydrogen) atoms. The van der Waals surface area contributed by atoms with Gasteiger partial charge < -0.3 is 11.1 Å². The fourth-order valence-corrected chi connectivity index (χ4v) is 2.48. The molecule has 1 aromatic heterocycles. The number of amides is 1. The maximum atomic E-state index is 11.7. The van der Waals surface area contributed by atoms with Crippen LogP contribution in [0.4, 0.5) is 5.00 Å². The molecule has 1 amide bonds. The molecule has 0 saturated heterocycles. The van der Waals surface area contributed by atoms with Gasteiger partial charge >= 0.3 is 0 Å². The topological polar surface area (TPSA) is 55.1 Å². The molecule has 76 valence electrons. The second-order valence-electron chi connectivity index (χ2n) is 3.65. The maximum absolute atomic E-state index is 11.7. The average molecular weight is 210 g/mol. The molecule has 0 radical (unpaired) electrons. The quantitative estimate of drug-likeness (QED) is 0.784. The summed E-state index contributed by atoms with van der Waals surface area (Å²) >= 11 is 1.41. The van der Waals surface area contributed by atoms with E-state index in [-0.39, 0.29) is 5.91 Å². The van der Waals surface area contributed by atoms with Crippen molar-refractivity contribution in [3.8, 4) is 0 Å². The van der Waals surface area contributed by atoms with Gasteiger partial charge in [0.15, 0.2) is 0 Å². The summed E-state index contributed by atoms with van der Waals surface area (Å²) in [5.41, 5.74) is 6.30. The van der Waals surface area contributed by atoms with E-state index in [2.05, 4.69) is 5.32 Å². The van der Waals surface area contributed by atoms with Gasteiger partial charge in [-0.15, -0.1) is 11.3 Å². The van der Waals surface area contributed by atoms with Gasteiger partial charge in [0.1, 0.15) is 0 Å². The van der Waals surface area contributed by atoms with Crippen molar-refractivity contribution in [3.05, 3.63) is 17.0 Å². The van der Waals surface area contributed by atoms with Gasteiger partial charge in [0.2, 0.25) is 0 Å². The van der Waals surface area contributed by atoms with Crippen molar-refractivity contribution in [1.29, 1.82) is 0 Å². The molecule has 1 heterocycles. The highest BCUT2D eigenvalue weighted by Gasteiger charge is 2.19. The van der Waals surface area contributed by atoms with Gasteiger partial charge in [-0.2, -0.15) is 0 Å². The molecule has 0 atom stereocenters. The summed E-state index contributed by atoms with van der Waals surface area (Å²) in [5, 5.41) is 5.47. The summed E-state index contributed by atoms with van der Waals surface area (Å²) < 4.78 is 0. The first-order chi connectivity index (χ1) is 6.77. The van der Waals surface area contributed by atoms with Crippen LogP contribution in [-0.2, 0) is 0 Å². The molecule has 1 saturated carbocycles. The van der Waals surface area contributed by atoms with Gasteiger partial charge in [-0.25, -0.2) is 0 Å². The van der Waals surface area contributed by atoms with Crippen LogP contribution in [0.1, 0.15) is 36.0 Å². The second kappa shape index (κ2) is 4.00. The van der Waals surface area contributed by atoms with Crippen LogP contribution in [-0.4, -0.2) is 11.9 Å². The Bertz CT molecular complexity index is 329. The predicted octanol–water partition coefficient (Wildman–Crippen LogP) is 2.00. The Morgan fingerprint density at radius 1 is 1.50 bits per heavy atom. The second-order valence-corrected chi connectivity index (χ2v) is 4.60. The van der Waals surface area contributed by atoms with Crippen molar-refractivity contribution in [1.82, 2.24) is 5.32 Å². The molecule has 1 aliphatic rings. The number of carbonyl (C=O) groups excluding carboxylic acids is 1. The van der Waals surface area contributed by atoms with E-state index in [4.69, 9.17) is 5.73 Å². The van der Waals surface area contributed by atoms with Crippen molar-refractivity contribution in [2.75, 3.05) is 5.73 Å². The normalized spacial score (nSPS) is 17.1. The lowest BCUT2D eigenvalue weighted by Crippen LogP contribution is -2.32. The third-order valence-electron chi connectivity index (χ3n) is 2.63. The van der Waals surface area contributed by atoms with Gasteiger partial charge in [0, 0.05) is 6.04 Å². The van der Waals surface area contributed by atoms with Crippen molar-refractivity contribution in [2.24, 2.45) is 0 Å². The van der Waals surface area contributed by atoms with Gasteiger partial charge in [0.25, 0.3) is 5.91 Å². The van der Waals surface area contributed by atoms with E-state index in [0.717, 1.165) is 12.8 Å². The summed E-state index contributed by atoms with van der Waals surface area (Å²) in [7, 11) is 0. The van der Waals surface area contributed by atoms with Gasteiger partial charge in [0.05, 0.1) is 10.6 Å². The van der Waals surface area contributed by atoms with E-state index in [0.29, 0.717) is 16.6 Å². The molecule has 1 aliphatic carbocycles. The lowest BCUT2D eigenvalue weighted by Gasteiger charge is -2.11. The van der Waals surface area contributed by atoms with E-state index in [9.17, 15) is 4.79 Å². The van der Waals surface area contributed by atoms with Crippen LogP contribution >= 0.6 is 11.3 Å². The number of thiophene rings is 1. The highest BCUT2D eigenvalue weighted by atomic mass is 32.1. The van der Waals surface area contributed by atoms with Crippen LogP contribution < -0.4 is 11.1 Å². The minimum absolute atomic E-state index is 0.0179. The van der Waals surface area contributed by atoms with E-state index in [1.165, 1.54) is 24.2 Å². The largest absolute Gasteiger partial charge is 0.390 e. The van der Waals surface area contributed by atoms with Crippen LogP contribution in [0.15, 0.2) is 11.4 Å². The molecule has 0 aromatic carbocycles. The highest BCUT2D eigenvalue weighted by molar-refractivity contribution is 7.14. The fourth-order valence-electron chi connectivity index (χ4n) is 1.84. The zero-order valence-corrected chi connectivity index (χ0v) is 8.77. The zero-order valence-electron chi connectivity index (χ0n) is 7.95. The lowest BCUT2D eigenvalue weighted by atomic mass is 10.2. The molecule has 0 spiro atoms. The van der Waals surface area contributed by atoms with Crippen LogP contribution in [0.2, 0.25) is 0 Å². The van der Waals surface area contributed by atoms with E-state index in [1.807, 2.05) is 5.38 Å². The Morgan fingerprint density at radius 3 is 2.79 bits per heavy atom. The monoisotopic (exact) mass is 210 g/mol. The van der Waals surface area contributed by atoms with Crippen molar-refractivity contribution < 1.29 is 4.79 Å². The number of nitrogen functional groups attached to an aromatic ring is 1. The molecule has 1 aromatic rings. The van der Waals surface area contributed by atoms with Gasteiger partial charge in [-0.3, -0.25) is 4.79 Å². The minimum atomic E-state index is -0.0179. The van der Waals surface area contributed by atoms with Crippen LogP contribution in [0.3, 0.4) is 0 Å². The Balaban J connectivity index is 1.98. The first kappa shape index (κ1) is 9.52. The predicted molar refractivity (Wildman–Crippen MR) is 58.5 cm³/mol. The van der Waals surface area contributed by atoms with E-state index in [1.54, 1.807) is 6.07 Å². The third-order valence-corrected chi connectivity index (χ3v) is 3.38. The van der Waals surface area contributed by atoms with E-state index < -0.39 is 0 Å².